The molecule has 0 aliphatic carbocycles. The Morgan fingerprint density at radius 1 is 1.47 bits per heavy atom. The first-order valence-corrected chi connectivity index (χ1v) is 6.47. The third-order valence-corrected chi connectivity index (χ3v) is 3.55. The van der Waals surface area contributed by atoms with Crippen molar-refractivity contribution in [2.45, 2.75) is 32.2 Å². The van der Waals surface area contributed by atoms with Crippen molar-refractivity contribution >= 4 is 17.3 Å². The predicted molar refractivity (Wildman–Crippen MR) is 70.3 cm³/mol. The standard InChI is InChI=1S/C13H16N4O2/c1-9-8-11-12(14-5-7-17(11)15-9)16-6-3-2-4-10(16)13(18)19/h5,7-8,10H,2-4,6H2,1H3,(H,18,19). The minimum atomic E-state index is -0.778. The summed E-state index contributed by atoms with van der Waals surface area (Å²) in [6.45, 7) is 2.65. The maximum absolute atomic E-state index is 11.4. The Balaban J connectivity index is 2.09. The summed E-state index contributed by atoms with van der Waals surface area (Å²) in [5, 5.41) is 13.7. The Labute approximate surface area is 110 Å². The largest absolute Gasteiger partial charge is 0.480 e. The fourth-order valence-corrected chi connectivity index (χ4v) is 2.69. The molecule has 2 aromatic heterocycles. The summed E-state index contributed by atoms with van der Waals surface area (Å²) in [6, 6.07) is 1.46. The van der Waals surface area contributed by atoms with Crippen molar-refractivity contribution in [3.05, 3.63) is 24.2 Å². The molecular formula is C13H16N4O2. The van der Waals surface area contributed by atoms with Gasteiger partial charge in [-0.05, 0) is 32.3 Å². The second-order valence-corrected chi connectivity index (χ2v) is 4.91. The highest BCUT2D eigenvalue weighted by Crippen LogP contribution is 2.27. The van der Waals surface area contributed by atoms with Crippen LogP contribution in [-0.4, -0.2) is 38.3 Å². The van der Waals surface area contributed by atoms with Gasteiger partial charge >= 0.3 is 5.97 Å². The molecule has 0 amide bonds. The highest BCUT2D eigenvalue weighted by Gasteiger charge is 2.30. The molecule has 0 spiro atoms. The van der Waals surface area contributed by atoms with Gasteiger partial charge in [0, 0.05) is 18.9 Å². The third-order valence-electron chi connectivity index (χ3n) is 3.55. The van der Waals surface area contributed by atoms with Crippen LogP contribution in [0.1, 0.15) is 25.0 Å². The third kappa shape index (κ3) is 2.03. The smallest absolute Gasteiger partial charge is 0.326 e. The van der Waals surface area contributed by atoms with Crippen molar-refractivity contribution in [1.29, 1.82) is 0 Å². The van der Waals surface area contributed by atoms with Crippen LogP contribution in [-0.2, 0) is 4.79 Å². The highest BCUT2D eigenvalue weighted by atomic mass is 16.4. The topological polar surface area (TPSA) is 70.7 Å². The molecule has 0 aromatic carbocycles. The van der Waals surface area contributed by atoms with E-state index in [9.17, 15) is 9.90 Å². The van der Waals surface area contributed by atoms with E-state index in [2.05, 4.69) is 10.1 Å². The van der Waals surface area contributed by atoms with Gasteiger partial charge in [-0.3, -0.25) is 0 Å². The number of carboxylic acid groups (broad SMARTS) is 1. The van der Waals surface area contributed by atoms with E-state index in [1.165, 1.54) is 0 Å². The summed E-state index contributed by atoms with van der Waals surface area (Å²) >= 11 is 0. The molecule has 1 N–H and O–H groups in total. The Bertz CT molecular complexity index is 622. The van der Waals surface area contributed by atoms with Crippen molar-refractivity contribution in [3.63, 3.8) is 0 Å². The fourth-order valence-electron chi connectivity index (χ4n) is 2.69. The quantitative estimate of drug-likeness (QED) is 0.885. The maximum Gasteiger partial charge on any atom is 0.326 e. The number of hydrogen-bond donors (Lipinski definition) is 1. The number of hydrogen-bond acceptors (Lipinski definition) is 4. The number of nitrogens with zero attached hydrogens (tertiary/aromatic N) is 4. The lowest BCUT2D eigenvalue weighted by molar-refractivity contribution is -0.139. The van der Waals surface area contributed by atoms with Crippen LogP contribution in [0.25, 0.3) is 5.52 Å². The SMILES string of the molecule is Cc1cc2c(N3CCCCC3C(=O)O)nccn2n1. The molecule has 2 aromatic rings. The number of aromatic nitrogens is 3. The number of carbonyl (C=O) groups is 1. The van der Waals surface area contributed by atoms with Gasteiger partial charge in [0.15, 0.2) is 5.82 Å². The van der Waals surface area contributed by atoms with Gasteiger partial charge in [0.05, 0.1) is 5.69 Å². The molecule has 0 saturated carbocycles. The number of rotatable bonds is 2. The zero-order valence-electron chi connectivity index (χ0n) is 10.8. The van der Waals surface area contributed by atoms with E-state index in [1.807, 2.05) is 17.9 Å². The summed E-state index contributed by atoms with van der Waals surface area (Å²) < 4.78 is 1.76. The molecule has 1 unspecified atom stereocenters. The second-order valence-electron chi connectivity index (χ2n) is 4.91. The molecule has 1 saturated heterocycles. The van der Waals surface area contributed by atoms with Gasteiger partial charge in [-0.2, -0.15) is 5.10 Å². The van der Waals surface area contributed by atoms with Gasteiger partial charge in [-0.15, -0.1) is 0 Å². The summed E-state index contributed by atoms with van der Waals surface area (Å²) in [5.74, 6) is -0.0602. The van der Waals surface area contributed by atoms with E-state index in [-0.39, 0.29) is 0 Å². The molecule has 6 nitrogen and oxygen atoms in total. The Hall–Kier alpha value is -2.11. The number of aryl methyl sites for hydroxylation is 1. The summed E-state index contributed by atoms with van der Waals surface area (Å²) in [5.41, 5.74) is 1.77. The predicted octanol–water partition coefficient (Wildman–Crippen LogP) is 1.48. The van der Waals surface area contributed by atoms with Crippen LogP contribution < -0.4 is 4.90 Å². The summed E-state index contributed by atoms with van der Waals surface area (Å²) in [6.07, 6.45) is 6.08. The summed E-state index contributed by atoms with van der Waals surface area (Å²) in [7, 11) is 0. The van der Waals surface area contributed by atoms with Gasteiger partial charge in [0.1, 0.15) is 11.6 Å². The Morgan fingerprint density at radius 3 is 3.11 bits per heavy atom. The van der Waals surface area contributed by atoms with Crippen LogP contribution in [0, 0.1) is 6.92 Å². The molecule has 0 bridgehead atoms. The van der Waals surface area contributed by atoms with Crippen LogP contribution >= 0.6 is 0 Å². The van der Waals surface area contributed by atoms with Crippen LogP contribution in [0.5, 0.6) is 0 Å². The zero-order valence-corrected chi connectivity index (χ0v) is 10.8. The molecule has 1 aliphatic rings. The molecule has 6 heteroatoms. The minimum Gasteiger partial charge on any atom is -0.480 e. The molecule has 19 heavy (non-hydrogen) atoms. The lowest BCUT2D eigenvalue weighted by Crippen LogP contribution is -2.45. The van der Waals surface area contributed by atoms with Gasteiger partial charge in [0.25, 0.3) is 0 Å². The average molecular weight is 260 g/mol. The number of carboxylic acids is 1. The van der Waals surface area contributed by atoms with Gasteiger partial charge < -0.3 is 10.0 Å². The molecule has 1 atom stereocenters. The van der Waals surface area contributed by atoms with Crippen molar-refractivity contribution in [3.8, 4) is 0 Å². The summed E-state index contributed by atoms with van der Waals surface area (Å²) in [4.78, 5) is 17.7. The number of aliphatic carboxylic acids is 1. The number of anilines is 1. The maximum atomic E-state index is 11.4. The van der Waals surface area contributed by atoms with Gasteiger partial charge in [-0.25, -0.2) is 14.3 Å². The molecule has 100 valence electrons. The van der Waals surface area contributed by atoms with Crippen molar-refractivity contribution in [1.82, 2.24) is 14.6 Å². The normalized spacial score (nSPS) is 19.8. The first kappa shape index (κ1) is 12.0. The van der Waals surface area contributed by atoms with E-state index in [1.54, 1.807) is 16.9 Å². The van der Waals surface area contributed by atoms with E-state index in [0.717, 1.165) is 36.4 Å². The monoisotopic (exact) mass is 260 g/mol. The first-order valence-electron chi connectivity index (χ1n) is 6.47. The van der Waals surface area contributed by atoms with Gasteiger partial charge in [-0.1, -0.05) is 0 Å². The van der Waals surface area contributed by atoms with Gasteiger partial charge in [0.2, 0.25) is 0 Å². The van der Waals surface area contributed by atoms with Crippen LogP contribution in [0.15, 0.2) is 18.5 Å². The highest BCUT2D eigenvalue weighted by molar-refractivity contribution is 5.81. The fraction of sp³-hybridized carbons (Fsp3) is 0.462. The lowest BCUT2D eigenvalue weighted by Gasteiger charge is -2.34. The zero-order chi connectivity index (χ0) is 13.4. The second kappa shape index (κ2) is 4.53. The first-order chi connectivity index (χ1) is 9.16. The molecule has 0 radical (unpaired) electrons. The minimum absolute atomic E-state index is 0.484. The van der Waals surface area contributed by atoms with E-state index in [0.29, 0.717) is 6.42 Å². The Kier molecular flexibility index (Phi) is 2.85. The molecule has 1 fully saturated rings. The van der Waals surface area contributed by atoms with Crippen LogP contribution in [0.3, 0.4) is 0 Å². The van der Waals surface area contributed by atoms with E-state index >= 15 is 0 Å². The van der Waals surface area contributed by atoms with Crippen molar-refractivity contribution in [2.24, 2.45) is 0 Å². The number of piperidine rings is 1. The average Bonchev–Trinajstić information content (AvgIpc) is 2.78. The van der Waals surface area contributed by atoms with E-state index in [4.69, 9.17) is 0 Å². The molecule has 3 heterocycles. The molecule has 1 aliphatic heterocycles. The van der Waals surface area contributed by atoms with Crippen molar-refractivity contribution < 1.29 is 9.90 Å². The molecular weight excluding hydrogens is 244 g/mol. The van der Waals surface area contributed by atoms with E-state index < -0.39 is 12.0 Å². The van der Waals surface area contributed by atoms with Crippen molar-refractivity contribution in [2.75, 3.05) is 11.4 Å². The molecule has 3 rings (SSSR count). The van der Waals surface area contributed by atoms with Crippen LogP contribution in [0.2, 0.25) is 0 Å². The van der Waals surface area contributed by atoms with Crippen LogP contribution in [0.4, 0.5) is 5.82 Å². The number of fused-ring (bicyclic) bond motifs is 1. The Morgan fingerprint density at radius 2 is 2.32 bits per heavy atom. The lowest BCUT2D eigenvalue weighted by atomic mass is 10.0.